The van der Waals surface area contributed by atoms with Crippen molar-refractivity contribution in [3.8, 4) is 0 Å². The zero-order valence-electron chi connectivity index (χ0n) is 13.8. The molecule has 0 unspecified atom stereocenters. The monoisotopic (exact) mass is 349 g/mol. The Bertz CT molecular complexity index is 958. The summed E-state index contributed by atoms with van der Waals surface area (Å²) in [5.41, 5.74) is 4.29. The maximum atomic E-state index is 12.9. The Balaban J connectivity index is 1.43. The lowest BCUT2D eigenvalue weighted by Gasteiger charge is -2.09. The summed E-state index contributed by atoms with van der Waals surface area (Å²) in [4.78, 5) is 19.9. The first kappa shape index (κ1) is 16.0. The number of hydrogen-bond donors (Lipinski definition) is 3. The number of halogens is 1. The van der Waals surface area contributed by atoms with Crippen molar-refractivity contribution in [1.29, 1.82) is 0 Å². The van der Waals surface area contributed by atoms with Crippen LogP contribution in [0.3, 0.4) is 0 Å². The summed E-state index contributed by atoms with van der Waals surface area (Å²) in [6, 6.07) is 13.7. The van der Waals surface area contributed by atoms with Crippen molar-refractivity contribution in [2.24, 2.45) is 0 Å². The van der Waals surface area contributed by atoms with Crippen molar-refractivity contribution in [1.82, 2.24) is 9.97 Å². The molecule has 2 heterocycles. The fourth-order valence-electron chi connectivity index (χ4n) is 2.78. The molecule has 130 valence electrons. The lowest BCUT2D eigenvalue weighted by molar-refractivity contribution is -0.115. The van der Waals surface area contributed by atoms with Crippen LogP contribution in [-0.2, 0) is 17.8 Å². The van der Waals surface area contributed by atoms with E-state index in [1.807, 2.05) is 24.3 Å². The zero-order valence-corrected chi connectivity index (χ0v) is 13.8. The van der Waals surface area contributed by atoms with Gasteiger partial charge in [0.1, 0.15) is 18.0 Å². The molecule has 3 N–H and O–H groups in total. The standard InChI is InChI=1S/C19H16FN5O/c20-13-1-3-14(4-2-13)21-10-16-9-18(23-11-22-16)24-15-5-6-17-12(7-15)8-19(26)25-17/h1-7,9,11,21H,8,10H2,(H,25,26)(H,22,23,24). The van der Waals surface area contributed by atoms with Crippen LogP contribution < -0.4 is 16.0 Å². The SMILES string of the molecule is O=C1Cc2cc(Nc3cc(CNc4ccc(F)cc4)ncn3)ccc2N1. The predicted octanol–water partition coefficient (Wildman–Crippen LogP) is 3.47. The van der Waals surface area contributed by atoms with Gasteiger partial charge in [-0.15, -0.1) is 0 Å². The number of rotatable bonds is 5. The number of nitrogens with zero attached hydrogens (tertiary/aromatic N) is 2. The van der Waals surface area contributed by atoms with Crippen LogP contribution in [0.15, 0.2) is 54.9 Å². The van der Waals surface area contributed by atoms with Gasteiger partial charge in [-0.2, -0.15) is 0 Å². The van der Waals surface area contributed by atoms with Gasteiger partial charge in [-0.25, -0.2) is 14.4 Å². The van der Waals surface area contributed by atoms with Crippen molar-refractivity contribution < 1.29 is 9.18 Å². The molecule has 0 spiro atoms. The fraction of sp³-hybridized carbons (Fsp3) is 0.105. The number of hydrogen-bond acceptors (Lipinski definition) is 5. The molecular weight excluding hydrogens is 333 g/mol. The van der Waals surface area contributed by atoms with Crippen molar-refractivity contribution in [3.63, 3.8) is 0 Å². The van der Waals surface area contributed by atoms with Crippen LogP contribution in [0.1, 0.15) is 11.3 Å². The number of aromatic nitrogens is 2. The van der Waals surface area contributed by atoms with Gasteiger partial charge in [0.2, 0.25) is 5.91 Å². The minimum absolute atomic E-state index is 0.00772. The van der Waals surface area contributed by atoms with Crippen molar-refractivity contribution in [3.05, 3.63) is 71.9 Å². The second kappa shape index (κ2) is 6.79. The van der Waals surface area contributed by atoms with Crippen LogP contribution in [0.25, 0.3) is 0 Å². The molecule has 3 aromatic rings. The smallest absolute Gasteiger partial charge is 0.228 e. The van der Waals surface area contributed by atoms with E-state index in [2.05, 4.69) is 25.9 Å². The third kappa shape index (κ3) is 3.61. The molecule has 1 aliphatic heterocycles. The summed E-state index contributed by atoms with van der Waals surface area (Å²) in [5, 5.41) is 9.22. The Morgan fingerprint density at radius 3 is 2.69 bits per heavy atom. The predicted molar refractivity (Wildman–Crippen MR) is 97.8 cm³/mol. The molecule has 1 aromatic heterocycles. The minimum Gasteiger partial charge on any atom is -0.379 e. The first-order chi connectivity index (χ1) is 12.7. The van der Waals surface area contributed by atoms with Gasteiger partial charge in [0, 0.05) is 23.1 Å². The molecule has 1 aliphatic rings. The number of anilines is 4. The minimum atomic E-state index is -0.268. The first-order valence-corrected chi connectivity index (χ1v) is 8.16. The molecule has 7 heteroatoms. The third-order valence-corrected chi connectivity index (χ3v) is 4.04. The van der Waals surface area contributed by atoms with Gasteiger partial charge in [0.15, 0.2) is 0 Å². The molecule has 0 bridgehead atoms. The van der Waals surface area contributed by atoms with Crippen molar-refractivity contribution in [2.75, 3.05) is 16.0 Å². The van der Waals surface area contributed by atoms with Gasteiger partial charge in [-0.1, -0.05) is 0 Å². The molecule has 0 saturated carbocycles. The summed E-state index contributed by atoms with van der Waals surface area (Å²) >= 11 is 0. The number of amides is 1. The van der Waals surface area contributed by atoms with Crippen LogP contribution in [0.4, 0.5) is 27.3 Å². The second-order valence-electron chi connectivity index (χ2n) is 5.98. The van der Waals surface area contributed by atoms with Crippen molar-refractivity contribution in [2.45, 2.75) is 13.0 Å². The Morgan fingerprint density at radius 2 is 1.85 bits per heavy atom. The van der Waals surface area contributed by atoms with Gasteiger partial charge in [0.05, 0.1) is 18.7 Å². The quantitative estimate of drug-likeness (QED) is 0.657. The number of carbonyl (C=O) groups excluding carboxylic acids is 1. The Labute approximate surface area is 149 Å². The average Bonchev–Trinajstić information content (AvgIpc) is 3.01. The van der Waals surface area contributed by atoms with Gasteiger partial charge < -0.3 is 16.0 Å². The largest absolute Gasteiger partial charge is 0.379 e. The number of nitrogens with one attached hydrogen (secondary N) is 3. The van der Waals surface area contributed by atoms with Gasteiger partial charge in [-0.3, -0.25) is 4.79 Å². The molecule has 26 heavy (non-hydrogen) atoms. The molecule has 0 atom stereocenters. The summed E-state index contributed by atoms with van der Waals surface area (Å²) in [5.74, 6) is 0.400. The van der Waals surface area contributed by atoms with Gasteiger partial charge in [0.25, 0.3) is 0 Å². The number of fused-ring (bicyclic) bond motifs is 1. The second-order valence-corrected chi connectivity index (χ2v) is 5.98. The lowest BCUT2D eigenvalue weighted by Crippen LogP contribution is -2.03. The normalized spacial score (nSPS) is 12.4. The molecule has 0 radical (unpaired) electrons. The molecule has 2 aromatic carbocycles. The van der Waals surface area contributed by atoms with E-state index in [4.69, 9.17) is 0 Å². The average molecular weight is 349 g/mol. The highest BCUT2D eigenvalue weighted by atomic mass is 19.1. The molecule has 0 aliphatic carbocycles. The summed E-state index contributed by atoms with van der Waals surface area (Å²) in [6.07, 6.45) is 1.88. The Morgan fingerprint density at radius 1 is 1.04 bits per heavy atom. The lowest BCUT2D eigenvalue weighted by atomic mass is 10.1. The molecule has 6 nitrogen and oxygen atoms in total. The van der Waals surface area contributed by atoms with E-state index in [-0.39, 0.29) is 11.7 Å². The summed E-state index contributed by atoms with van der Waals surface area (Å²) < 4.78 is 12.9. The number of benzene rings is 2. The molecule has 0 fully saturated rings. The van der Waals surface area contributed by atoms with Crippen LogP contribution >= 0.6 is 0 Å². The van der Waals surface area contributed by atoms with Crippen LogP contribution in [0.5, 0.6) is 0 Å². The molecule has 4 rings (SSSR count). The Hall–Kier alpha value is -3.48. The van der Waals surface area contributed by atoms with Crippen LogP contribution in [0, 0.1) is 5.82 Å². The van der Waals surface area contributed by atoms with E-state index < -0.39 is 0 Å². The van der Waals surface area contributed by atoms with E-state index in [0.29, 0.717) is 18.8 Å². The third-order valence-electron chi connectivity index (χ3n) is 4.04. The van der Waals surface area contributed by atoms with Gasteiger partial charge in [-0.05, 0) is 48.0 Å². The molecule has 0 saturated heterocycles. The zero-order chi connectivity index (χ0) is 17.9. The molecular formula is C19H16FN5O. The summed E-state index contributed by atoms with van der Waals surface area (Å²) in [7, 11) is 0. The summed E-state index contributed by atoms with van der Waals surface area (Å²) in [6.45, 7) is 0.492. The highest BCUT2D eigenvalue weighted by molar-refractivity contribution is 5.99. The first-order valence-electron chi connectivity index (χ1n) is 8.16. The van der Waals surface area contributed by atoms with E-state index in [1.165, 1.54) is 18.5 Å². The van der Waals surface area contributed by atoms with E-state index >= 15 is 0 Å². The number of carbonyl (C=O) groups is 1. The van der Waals surface area contributed by atoms with Crippen molar-refractivity contribution >= 4 is 28.8 Å². The highest BCUT2D eigenvalue weighted by Gasteiger charge is 2.17. The maximum absolute atomic E-state index is 12.9. The van der Waals surface area contributed by atoms with E-state index in [0.717, 1.165) is 28.3 Å². The van der Waals surface area contributed by atoms with Crippen LogP contribution in [0.2, 0.25) is 0 Å². The maximum Gasteiger partial charge on any atom is 0.228 e. The van der Waals surface area contributed by atoms with E-state index in [1.54, 1.807) is 12.1 Å². The topological polar surface area (TPSA) is 78.9 Å². The highest BCUT2D eigenvalue weighted by Crippen LogP contribution is 2.27. The van der Waals surface area contributed by atoms with E-state index in [9.17, 15) is 9.18 Å². The van der Waals surface area contributed by atoms with Gasteiger partial charge >= 0.3 is 0 Å². The van der Waals surface area contributed by atoms with Crippen LogP contribution in [-0.4, -0.2) is 15.9 Å². The Kier molecular flexibility index (Phi) is 4.18. The molecule has 1 amide bonds. The fourth-order valence-corrected chi connectivity index (χ4v) is 2.78.